The number of amides is 1. The maximum atomic E-state index is 11.7. The minimum atomic E-state index is 0.0881. The van der Waals surface area contributed by atoms with E-state index in [4.69, 9.17) is 0 Å². The second kappa shape index (κ2) is 9.47. The molecular weight excluding hydrogens is 312 g/mol. The van der Waals surface area contributed by atoms with Gasteiger partial charge in [0.2, 0.25) is 5.91 Å². The van der Waals surface area contributed by atoms with E-state index in [1.54, 1.807) is 19.0 Å². The van der Waals surface area contributed by atoms with Gasteiger partial charge < -0.3 is 15.5 Å². The van der Waals surface area contributed by atoms with Crippen LogP contribution in [-0.2, 0) is 11.3 Å². The first-order valence-electron chi connectivity index (χ1n) is 8.40. The van der Waals surface area contributed by atoms with E-state index in [2.05, 4.69) is 46.8 Å². The highest BCUT2D eigenvalue weighted by atomic mass is 16.2. The number of rotatable bonds is 6. The Kier molecular flexibility index (Phi) is 7.01. The number of nitrogens with one attached hydrogen (secondary N) is 2. The number of anilines is 1. The first kappa shape index (κ1) is 18.5. The lowest BCUT2D eigenvalue weighted by atomic mass is 10.1. The molecule has 0 radical (unpaired) electrons. The van der Waals surface area contributed by atoms with Crippen LogP contribution in [0.3, 0.4) is 0 Å². The van der Waals surface area contributed by atoms with E-state index in [1.165, 1.54) is 5.56 Å². The molecule has 1 amide bonds. The Hall–Kier alpha value is -2.82. The summed E-state index contributed by atoms with van der Waals surface area (Å²) in [5, 5.41) is 6.50. The van der Waals surface area contributed by atoms with Crippen molar-refractivity contribution < 1.29 is 4.79 Å². The van der Waals surface area contributed by atoms with Crippen molar-refractivity contribution in [3.05, 3.63) is 65.7 Å². The smallest absolute Gasteiger partial charge is 0.223 e. The third-order valence-corrected chi connectivity index (χ3v) is 3.71. The van der Waals surface area contributed by atoms with Gasteiger partial charge in [0.05, 0.1) is 6.54 Å². The minimum absolute atomic E-state index is 0.0881. The number of hydrogen-bond donors (Lipinski definition) is 2. The van der Waals surface area contributed by atoms with Gasteiger partial charge in [-0.25, -0.2) is 4.99 Å². The molecule has 0 aliphatic heterocycles. The van der Waals surface area contributed by atoms with Crippen LogP contribution >= 0.6 is 0 Å². The Morgan fingerprint density at radius 2 is 1.72 bits per heavy atom. The maximum absolute atomic E-state index is 11.7. The van der Waals surface area contributed by atoms with Crippen molar-refractivity contribution in [2.45, 2.75) is 19.9 Å². The number of aryl methyl sites for hydroxylation is 1. The van der Waals surface area contributed by atoms with Gasteiger partial charge in [-0.3, -0.25) is 4.79 Å². The van der Waals surface area contributed by atoms with Gasteiger partial charge in [0.1, 0.15) is 0 Å². The molecule has 0 atom stereocenters. The van der Waals surface area contributed by atoms with E-state index in [9.17, 15) is 4.79 Å². The van der Waals surface area contributed by atoms with Gasteiger partial charge in [0.25, 0.3) is 0 Å². The van der Waals surface area contributed by atoms with Crippen LogP contribution in [-0.4, -0.2) is 37.4 Å². The summed E-state index contributed by atoms with van der Waals surface area (Å²) < 4.78 is 0. The summed E-state index contributed by atoms with van der Waals surface area (Å²) in [5.74, 6) is 0.753. The first-order valence-corrected chi connectivity index (χ1v) is 8.40. The third-order valence-electron chi connectivity index (χ3n) is 3.71. The largest absolute Gasteiger partial charge is 0.356 e. The summed E-state index contributed by atoms with van der Waals surface area (Å²) in [6.45, 7) is 3.17. The summed E-state index contributed by atoms with van der Waals surface area (Å²) >= 11 is 0. The van der Waals surface area contributed by atoms with Crippen molar-refractivity contribution in [1.82, 2.24) is 10.2 Å². The Morgan fingerprint density at radius 1 is 1.04 bits per heavy atom. The molecule has 0 spiro atoms. The predicted molar refractivity (Wildman–Crippen MR) is 104 cm³/mol. The summed E-state index contributed by atoms with van der Waals surface area (Å²) in [6.07, 6.45) is 0.424. The zero-order valence-electron chi connectivity index (χ0n) is 15.1. The topological polar surface area (TPSA) is 56.7 Å². The Labute approximate surface area is 149 Å². The van der Waals surface area contributed by atoms with Crippen molar-refractivity contribution in [2.24, 2.45) is 4.99 Å². The van der Waals surface area contributed by atoms with E-state index in [0.717, 1.165) is 11.3 Å². The average molecular weight is 338 g/mol. The lowest BCUT2D eigenvalue weighted by Gasteiger charge is -2.14. The summed E-state index contributed by atoms with van der Waals surface area (Å²) in [4.78, 5) is 17.9. The van der Waals surface area contributed by atoms with Crippen LogP contribution in [0.2, 0.25) is 0 Å². The van der Waals surface area contributed by atoms with Crippen molar-refractivity contribution in [3.63, 3.8) is 0 Å². The van der Waals surface area contributed by atoms with Crippen LogP contribution in [0.5, 0.6) is 0 Å². The van der Waals surface area contributed by atoms with Crippen LogP contribution in [0.1, 0.15) is 17.5 Å². The molecule has 5 nitrogen and oxygen atoms in total. The summed E-state index contributed by atoms with van der Waals surface area (Å²) in [5.41, 5.74) is 3.33. The Bertz CT molecular complexity index is 693. The zero-order chi connectivity index (χ0) is 18.1. The fourth-order valence-corrected chi connectivity index (χ4v) is 2.17. The molecule has 0 aromatic heterocycles. The standard InChI is InChI=1S/C20H26N4O/c1-16-9-11-17(12-10-16)15-22-20(21-14-13-19(25)24(2)3)23-18-7-5-4-6-8-18/h4-12H,13-15H2,1-3H3,(H2,21,22,23). The van der Waals surface area contributed by atoms with Gasteiger partial charge >= 0.3 is 0 Å². The SMILES string of the molecule is Cc1ccc(CN=C(NCCC(=O)N(C)C)Nc2ccccc2)cc1. The molecule has 2 N–H and O–H groups in total. The van der Waals surface area contributed by atoms with E-state index < -0.39 is 0 Å². The third kappa shape index (κ3) is 6.67. The fourth-order valence-electron chi connectivity index (χ4n) is 2.17. The Balaban J connectivity index is 2.01. The molecule has 0 saturated carbocycles. The van der Waals surface area contributed by atoms with Crippen molar-refractivity contribution >= 4 is 17.6 Å². The normalized spacial score (nSPS) is 11.1. The number of hydrogen-bond acceptors (Lipinski definition) is 2. The van der Waals surface area contributed by atoms with Crippen LogP contribution in [0.25, 0.3) is 0 Å². The molecule has 0 unspecified atom stereocenters. The number of para-hydroxylation sites is 1. The van der Waals surface area contributed by atoms with Gasteiger partial charge in [-0.1, -0.05) is 48.0 Å². The lowest BCUT2D eigenvalue weighted by molar-refractivity contribution is -0.128. The predicted octanol–water partition coefficient (Wildman–Crippen LogP) is 3.03. The van der Waals surface area contributed by atoms with E-state index in [1.807, 2.05) is 30.3 Å². The van der Waals surface area contributed by atoms with Crippen molar-refractivity contribution in [1.29, 1.82) is 0 Å². The lowest BCUT2D eigenvalue weighted by Crippen LogP contribution is -2.34. The van der Waals surface area contributed by atoms with Gasteiger partial charge in [-0.15, -0.1) is 0 Å². The molecule has 5 heteroatoms. The molecule has 2 rings (SSSR count). The number of guanidine groups is 1. The first-order chi connectivity index (χ1) is 12.0. The zero-order valence-corrected chi connectivity index (χ0v) is 15.1. The monoisotopic (exact) mass is 338 g/mol. The van der Waals surface area contributed by atoms with Gasteiger partial charge in [-0.05, 0) is 24.6 Å². The number of carbonyl (C=O) groups is 1. The van der Waals surface area contributed by atoms with Crippen LogP contribution < -0.4 is 10.6 Å². The highest BCUT2D eigenvalue weighted by Gasteiger charge is 2.05. The molecule has 0 bridgehead atoms. The van der Waals surface area contributed by atoms with E-state index in [-0.39, 0.29) is 5.91 Å². The number of carbonyl (C=O) groups excluding carboxylic acids is 1. The molecule has 0 aliphatic rings. The molecule has 0 saturated heterocycles. The highest BCUT2D eigenvalue weighted by molar-refractivity contribution is 5.93. The van der Waals surface area contributed by atoms with Gasteiger partial charge in [0.15, 0.2) is 5.96 Å². The Morgan fingerprint density at radius 3 is 2.36 bits per heavy atom. The van der Waals surface area contributed by atoms with Crippen LogP contribution in [0.4, 0.5) is 5.69 Å². The van der Waals surface area contributed by atoms with Crippen molar-refractivity contribution in [2.75, 3.05) is 26.0 Å². The molecule has 2 aromatic carbocycles. The van der Waals surface area contributed by atoms with E-state index >= 15 is 0 Å². The summed E-state index contributed by atoms with van der Waals surface area (Å²) in [6, 6.07) is 18.2. The minimum Gasteiger partial charge on any atom is -0.356 e. The molecule has 2 aromatic rings. The number of benzene rings is 2. The molecule has 132 valence electrons. The molecule has 0 heterocycles. The fraction of sp³-hybridized carbons (Fsp3) is 0.300. The second-order valence-electron chi connectivity index (χ2n) is 6.11. The van der Waals surface area contributed by atoms with Gasteiger partial charge in [-0.2, -0.15) is 0 Å². The number of aliphatic imine (C=N–C) groups is 1. The molecule has 0 fully saturated rings. The van der Waals surface area contributed by atoms with Crippen LogP contribution in [0.15, 0.2) is 59.6 Å². The highest BCUT2D eigenvalue weighted by Crippen LogP contribution is 2.07. The quantitative estimate of drug-likeness (QED) is 0.629. The molecule has 25 heavy (non-hydrogen) atoms. The van der Waals surface area contributed by atoms with Crippen molar-refractivity contribution in [3.8, 4) is 0 Å². The molecule has 0 aliphatic carbocycles. The molecular formula is C20H26N4O. The second-order valence-corrected chi connectivity index (χ2v) is 6.11. The van der Waals surface area contributed by atoms with E-state index in [0.29, 0.717) is 25.5 Å². The average Bonchev–Trinajstić information content (AvgIpc) is 2.61. The summed E-state index contributed by atoms with van der Waals surface area (Å²) in [7, 11) is 3.52. The van der Waals surface area contributed by atoms with Gasteiger partial charge in [0, 0.05) is 32.7 Å². The number of nitrogens with zero attached hydrogens (tertiary/aromatic N) is 2. The van der Waals surface area contributed by atoms with Crippen LogP contribution in [0, 0.1) is 6.92 Å². The maximum Gasteiger partial charge on any atom is 0.223 e.